The van der Waals surface area contributed by atoms with Gasteiger partial charge in [0, 0.05) is 49.5 Å². The summed E-state index contributed by atoms with van der Waals surface area (Å²) in [5.41, 5.74) is 14.9. The zero-order chi connectivity index (χ0) is 42.1. The summed E-state index contributed by atoms with van der Waals surface area (Å²) in [6.07, 6.45) is 0. The lowest BCUT2D eigenvalue weighted by atomic mass is 9.92. The van der Waals surface area contributed by atoms with Crippen LogP contribution in [0.4, 0.5) is 0 Å². The molecule has 4 heterocycles. The summed E-state index contributed by atoms with van der Waals surface area (Å²) >= 11 is 0. The average molecular weight is 817 g/mol. The highest BCUT2D eigenvalue weighted by atomic mass is 16.3. The minimum absolute atomic E-state index is 0.671. The Hall–Kier alpha value is -8.67. The van der Waals surface area contributed by atoms with Crippen LogP contribution in [0.2, 0.25) is 0 Å². The Labute approximate surface area is 368 Å². The molecule has 0 spiro atoms. The summed E-state index contributed by atoms with van der Waals surface area (Å²) < 4.78 is 8.88. The Bertz CT molecular complexity index is 3920. The first-order valence-electron chi connectivity index (χ1n) is 21.6. The van der Waals surface area contributed by atoms with Crippen LogP contribution in [0.1, 0.15) is 0 Å². The number of benzene rings is 9. The number of rotatable bonds is 6. The van der Waals surface area contributed by atoms with Crippen molar-refractivity contribution in [3.05, 3.63) is 218 Å². The average Bonchev–Trinajstić information content (AvgIpc) is 3.93. The Morgan fingerprint density at radius 3 is 1.70 bits per heavy atom. The predicted octanol–water partition coefficient (Wildman–Crippen LogP) is 15.5. The van der Waals surface area contributed by atoms with Gasteiger partial charge in [-0.25, -0.2) is 15.0 Å². The van der Waals surface area contributed by atoms with Gasteiger partial charge in [-0.05, 0) is 82.6 Å². The van der Waals surface area contributed by atoms with Gasteiger partial charge in [0.15, 0.2) is 5.82 Å². The van der Waals surface area contributed by atoms with Gasteiger partial charge in [-0.1, -0.05) is 158 Å². The molecule has 0 bridgehead atoms. The molecule has 0 aliphatic carbocycles. The van der Waals surface area contributed by atoms with Crippen molar-refractivity contribution < 1.29 is 4.42 Å². The smallest absolute Gasteiger partial charge is 0.161 e. The Morgan fingerprint density at radius 1 is 0.359 bits per heavy atom. The molecule has 0 aliphatic rings. The zero-order valence-electron chi connectivity index (χ0n) is 34.5. The van der Waals surface area contributed by atoms with E-state index in [1.54, 1.807) is 0 Å². The van der Waals surface area contributed by atoms with Gasteiger partial charge in [0.05, 0.1) is 39.0 Å². The molecule has 0 fully saturated rings. The normalized spacial score (nSPS) is 11.8. The van der Waals surface area contributed by atoms with Crippen molar-refractivity contribution in [3.63, 3.8) is 0 Å². The molecule has 298 valence electrons. The zero-order valence-corrected chi connectivity index (χ0v) is 34.5. The molecule has 0 aliphatic heterocycles. The number of nitrogens with zero attached hydrogens (tertiary/aromatic N) is 4. The van der Waals surface area contributed by atoms with Gasteiger partial charge >= 0.3 is 0 Å². The first-order valence-corrected chi connectivity index (χ1v) is 21.6. The SMILES string of the molecule is c1ccc(-c2cc(-c3cccc(-n4c5ccccc5c5ccccc54)c3)nc(-c3ccc(-c4cccc(-c5nc6ccccc6c6oc7ccccc7c56)c4)c4ccccc34)n2)cc1. The third kappa shape index (κ3) is 5.75. The second-order valence-corrected chi connectivity index (χ2v) is 16.3. The van der Waals surface area contributed by atoms with Crippen molar-refractivity contribution >= 4 is 65.4 Å². The first kappa shape index (κ1) is 36.0. The van der Waals surface area contributed by atoms with E-state index in [2.05, 4.69) is 193 Å². The summed E-state index contributed by atoms with van der Waals surface area (Å²) in [5, 5.41) is 7.75. The monoisotopic (exact) mass is 816 g/mol. The highest BCUT2D eigenvalue weighted by molar-refractivity contribution is 6.19. The maximum Gasteiger partial charge on any atom is 0.161 e. The molecule has 0 N–H and O–H groups in total. The van der Waals surface area contributed by atoms with E-state index in [-0.39, 0.29) is 0 Å². The van der Waals surface area contributed by atoms with E-state index in [4.69, 9.17) is 19.4 Å². The van der Waals surface area contributed by atoms with Crippen LogP contribution in [0.3, 0.4) is 0 Å². The summed E-state index contributed by atoms with van der Waals surface area (Å²) in [7, 11) is 0. The second-order valence-electron chi connectivity index (χ2n) is 16.3. The lowest BCUT2D eigenvalue weighted by molar-refractivity contribution is 0.672. The fourth-order valence-electron chi connectivity index (χ4n) is 9.68. The summed E-state index contributed by atoms with van der Waals surface area (Å²) in [6.45, 7) is 0. The second kappa shape index (κ2) is 14.5. The molecule has 0 unspecified atom stereocenters. The van der Waals surface area contributed by atoms with E-state index in [1.165, 1.54) is 21.8 Å². The molecule has 5 nitrogen and oxygen atoms in total. The van der Waals surface area contributed by atoms with Crippen LogP contribution in [0, 0.1) is 0 Å². The molecule has 13 aromatic rings. The minimum atomic E-state index is 0.671. The van der Waals surface area contributed by atoms with Gasteiger partial charge in [-0.3, -0.25) is 0 Å². The Morgan fingerprint density at radius 2 is 0.922 bits per heavy atom. The van der Waals surface area contributed by atoms with E-state index in [1.807, 2.05) is 30.3 Å². The van der Waals surface area contributed by atoms with Crippen LogP contribution >= 0.6 is 0 Å². The van der Waals surface area contributed by atoms with E-state index >= 15 is 0 Å². The van der Waals surface area contributed by atoms with Gasteiger partial charge in [-0.15, -0.1) is 0 Å². The molecular formula is C59H36N4O. The van der Waals surface area contributed by atoms with Crippen molar-refractivity contribution in [1.29, 1.82) is 0 Å². The minimum Gasteiger partial charge on any atom is -0.455 e. The number of pyridine rings is 1. The van der Waals surface area contributed by atoms with Crippen LogP contribution in [0.5, 0.6) is 0 Å². The van der Waals surface area contributed by atoms with Crippen molar-refractivity contribution in [3.8, 4) is 62.0 Å². The van der Waals surface area contributed by atoms with E-state index in [0.717, 1.165) is 99.8 Å². The molecule has 0 amide bonds. The summed E-state index contributed by atoms with van der Waals surface area (Å²) in [5.74, 6) is 0.671. The van der Waals surface area contributed by atoms with Gasteiger partial charge < -0.3 is 8.98 Å². The van der Waals surface area contributed by atoms with Crippen LogP contribution in [-0.4, -0.2) is 19.5 Å². The van der Waals surface area contributed by atoms with Crippen LogP contribution in [-0.2, 0) is 0 Å². The summed E-state index contributed by atoms with van der Waals surface area (Å²) in [6, 6.07) is 76.6. The molecule has 0 saturated carbocycles. The number of hydrogen-bond acceptors (Lipinski definition) is 4. The Balaban J connectivity index is 0.964. The molecule has 0 radical (unpaired) electrons. The molecular weight excluding hydrogens is 781 g/mol. The predicted molar refractivity (Wildman–Crippen MR) is 264 cm³/mol. The van der Waals surface area contributed by atoms with E-state index in [0.29, 0.717) is 5.82 Å². The standard InChI is InChI=1S/C59H36N4O/c1-2-16-37(17-3-1)51-36-52(39-19-15-21-41(35-39)63-53-29-11-7-24-45(53)46-25-8-12-30-54(46)63)62-59(61-51)47-33-32-42(43-22-4-5-23-44(43)47)38-18-14-20-40(34-38)57-56-49-27-9-13-31-55(49)64-58(56)48-26-6-10-28-50(48)60-57/h1-36H. The summed E-state index contributed by atoms with van der Waals surface area (Å²) in [4.78, 5) is 16.0. The van der Waals surface area contributed by atoms with E-state index in [9.17, 15) is 0 Å². The number of aromatic nitrogens is 4. The maximum atomic E-state index is 6.53. The number of para-hydroxylation sites is 4. The molecule has 4 aromatic heterocycles. The largest absolute Gasteiger partial charge is 0.455 e. The van der Waals surface area contributed by atoms with Crippen molar-refractivity contribution in [2.24, 2.45) is 0 Å². The maximum absolute atomic E-state index is 6.53. The van der Waals surface area contributed by atoms with Crippen molar-refractivity contribution in [2.75, 3.05) is 0 Å². The quantitative estimate of drug-likeness (QED) is 0.168. The number of furan rings is 1. The number of hydrogen-bond donors (Lipinski definition) is 0. The van der Waals surface area contributed by atoms with Gasteiger partial charge in [0.25, 0.3) is 0 Å². The Kier molecular flexibility index (Phi) is 8.15. The van der Waals surface area contributed by atoms with Gasteiger partial charge in [-0.2, -0.15) is 0 Å². The highest BCUT2D eigenvalue weighted by Gasteiger charge is 2.20. The molecule has 0 saturated heterocycles. The highest BCUT2D eigenvalue weighted by Crippen LogP contribution is 2.42. The molecule has 13 rings (SSSR count). The fraction of sp³-hybridized carbons (Fsp3) is 0. The molecule has 5 heteroatoms. The van der Waals surface area contributed by atoms with Gasteiger partial charge in [0.1, 0.15) is 11.2 Å². The fourth-order valence-corrected chi connectivity index (χ4v) is 9.68. The molecule has 0 atom stereocenters. The third-order valence-electron chi connectivity index (χ3n) is 12.6. The van der Waals surface area contributed by atoms with Crippen LogP contribution < -0.4 is 0 Å². The van der Waals surface area contributed by atoms with Crippen LogP contribution in [0.25, 0.3) is 127 Å². The van der Waals surface area contributed by atoms with Crippen molar-refractivity contribution in [2.45, 2.75) is 0 Å². The van der Waals surface area contributed by atoms with E-state index < -0.39 is 0 Å². The molecule has 9 aromatic carbocycles. The third-order valence-corrected chi connectivity index (χ3v) is 12.6. The topological polar surface area (TPSA) is 56.7 Å². The first-order chi connectivity index (χ1) is 31.7. The lowest BCUT2D eigenvalue weighted by Gasteiger charge is -2.15. The van der Waals surface area contributed by atoms with Gasteiger partial charge in [0.2, 0.25) is 0 Å². The number of fused-ring (bicyclic) bond motifs is 9. The molecule has 64 heavy (non-hydrogen) atoms. The van der Waals surface area contributed by atoms with Crippen molar-refractivity contribution in [1.82, 2.24) is 19.5 Å². The van der Waals surface area contributed by atoms with Crippen LogP contribution in [0.15, 0.2) is 223 Å². The lowest BCUT2D eigenvalue weighted by Crippen LogP contribution is -1.98.